The number of ether oxygens (including phenoxy) is 2. The van der Waals surface area contributed by atoms with Gasteiger partial charge in [0, 0.05) is 29.4 Å². The van der Waals surface area contributed by atoms with E-state index in [1.165, 1.54) is 37.7 Å². The number of pyridine rings is 1. The standard InChI is InChI=1S/C17H17N3O4S2/c1-23-15-6-5-14(8-16(15)24-2)26(21,22)19-10-13-11-25-17(20-13)12-4-3-7-18-9-12/h3-9,11,19H,10H2,1-2H3. The van der Waals surface area contributed by atoms with Crippen molar-refractivity contribution in [2.75, 3.05) is 14.2 Å². The summed E-state index contributed by atoms with van der Waals surface area (Å²) in [7, 11) is -0.757. The Labute approximate surface area is 155 Å². The van der Waals surface area contributed by atoms with Crippen LogP contribution in [0, 0.1) is 0 Å². The van der Waals surface area contributed by atoms with Gasteiger partial charge in [-0.15, -0.1) is 11.3 Å². The van der Waals surface area contributed by atoms with Crippen LogP contribution in [0.15, 0.2) is 53.0 Å². The predicted octanol–water partition coefficient (Wildman–Crippen LogP) is 2.70. The fraction of sp³-hybridized carbons (Fsp3) is 0.176. The molecule has 9 heteroatoms. The van der Waals surface area contributed by atoms with Crippen molar-refractivity contribution in [1.82, 2.24) is 14.7 Å². The fourth-order valence-electron chi connectivity index (χ4n) is 2.25. The minimum Gasteiger partial charge on any atom is -0.493 e. The Bertz CT molecular complexity index is 988. The van der Waals surface area contributed by atoms with Gasteiger partial charge in [-0.2, -0.15) is 0 Å². The first-order valence-electron chi connectivity index (χ1n) is 7.60. The highest BCUT2D eigenvalue weighted by molar-refractivity contribution is 7.89. The molecule has 0 aliphatic heterocycles. The highest BCUT2D eigenvalue weighted by Gasteiger charge is 2.17. The zero-order valence-corrected chi connectivity index (χ0v) is 15.8. The molecule has 0 fully saturated rings. The zero-order chi connectivity index (χ0) is 18.6. The second-order valence-corrected chi connectivity index (χ2v) is 7.85. The Balaban J connectivity index is 1.74. The molecule has 1 N–H and O–H groups in total. The maximum atomic E-state index is 12.5. The smallest absolute Gasteiger partial charge is 0.241 e. The van der Waals surface area contributed by atoms with Crippen LogP contribution < -0.4 is 14.2 Å². The SMILES string of the molecule is COc1ccc(S(=O)(=O)NCc2csc(-c3cccnc3)n2)cc1OC. The first-order valence-corrected chi connectivity index (χ1v) is 9.96. The summed E-state index contributed by atoms with van der Waals surface area (Å²) in [6, 6.07) is 8.17. The van der Waals surface area contributed by atoms with Crippen molar-refractivity contribution in [3.05, 3.63) is 53.8 Å². The first kappa shape index (κ1) is 18.3. The highest BCUT2D eigenvalue weighted by Crippen LogP contribution is 2.29. The summed E-state index contributed by atoms with van der Waals surface area (Å²) in [6.07, 6.45) is 3.41. The van der Waals surface area contributed by atoms with E-state index in [2.05, 4.69) is 14.7 Å². The molecule has 0 unspecified atom stereocenters. The Morgan fingerprint density at radius 3 is 2.65 bits per heavy atom. The van der Waals surface area contributed by atoms with Gasteiger partial charge < -0.3 is 9.47 Å². The second kappa shape index (κ2) is 7.81. The second-order valence-electron chi connectivity index (χ2n) is 5.23. The third-order valence-corrected chi connectivity index (χ3v) is 5.91. The highest BCUT2D eigenvalue weighted by atomic mass is 32.2. The van der Waals surface area contributed by atoms with E-state index >= 15 is 0 Å². The molecule has 1 aromatic carbocycles. The third-order valence-electron chi connectivity index (χ3n) is 3.57. The van der Waals surface area contributed by atoms with E-state index in [0.717, 1.165) is 10.6 Å². The minimum atomic E-state index is -3.70. The largest absolute Gasteiger partial charge is 0.493 e. The number of rotatable bonds is 7. The van der Waals surface area contributed by atoms with Gasteiger partial charge in [-0.3, -0.25) is 4.98 Å². The molecule has 0 amide bonds. The van der Waals surface area contributed by atoms with E-state index in [1.807, 2.05) is 17.5 Å². The van der Waals surface area contributed by atoms with E-state index in [4.69, 9.17) is 9.47 Å². The molecule has 0 atom stereocenters. The maximum absolute atomic E-state index is 12.5. The van der Waals surface area contributed by atoms with Crippen LogP contribution in [0.2, 0.25) is 0 Å². The van der Waals surface area contributed by atoms with Crippen molar-refractivity contribution >= 4 is 21.4 Å². The predicted molar refractivity (Wildman–Crippen MR) is 98.9 cm³/mol. The number of hydrogen-bond acceptors (Lipinski definition) is 7. The summed E-state index contributed by atoms with van der Waals surface area (Å²) < 4.78 is 37.8. The quantitative estimate of drug-likeness (QED) is 0.666. The molecule has 0 radical (unpaired) electrons. The summed E-state index contributed by atoms with van der Waals surface area (Å²) in [5, 5.41) is 2.61. The van der Waals surface area contributed by atoms with Crippen LogP contribution in [-0.4, -0.2) is 32.6 Å². The molecule has 0 spiro atoms. The van der Waals surface area contributed by atoms with Gasteiger partial charge in [0.2, 0.25) is 10.0 Å². The van der Waals surface area contributed by atoms with Crippen LogP contribution in [0.1, 0.15) is 5.69 Å². The zero-order valence-electron chi connectivity index (χ0n) is 14.2. The number of nitrogens with one attached hydrogen (secondary N) is 1. The van der Waals surface area contributed by atoms with Crippen molar-refractivity contribution in [3.8, 4) is 22.1 Å². The first-order chi connectivity index (χ1) is 12.5. The summed E-state index contributed by atoms with van der Waals surface area (Å²) in [5.41, 5.74) is 1.53. The molecule has 0 aliphatic carbocycles. The molecule has 0 saturated carbocycles. The monoisotopic (exact) mass is 391 g/mol. The van der Waals surface area contributed by atoms with E-state index < -0.39 is 10.0 Å². The number of sulfonamides is 1. The van der Waals surface area contributed by atoms with Crippen molar-refractivity contribution in [2.24, 2.45) is 0 Å². The molecule has 0 saturated heterocycles. The molecule has 0 bridgehead atoms. The van der Waals surface area contributed by atoms with Crippen molar-refractivity contribution < 1.29 is 17.9 Å². The van der Waals surface area contributed by atoms with Gasteiger partial charge >= 0.3 is 0 Å². The molecule has 0 aliphatic rings. The van der Waals surface area contributed by atoms with Crippen LogP contribution in [-0.2, 0) is 16.6 Å². The average molecular weight is 391 g/mol. The van der Waals surface area contributed by atoms with Crippen molar-refractivity contribution in [1.29, 1.82) is 0 Å². The average Bonchev–Trinajstić information content (AvgIpc) is 3.15. The number of thiazole rings is 1. The normalized spacial score (nSPS) is 11.3. The van der Waals surface area contributed by atoms with Crippen LogP contribution in [0.25, 0.3) is 10.6 Å². The van der Waals surface area contributed by atoms with Gasteiger partial charge in [-0.1, -0.05) is 0 Å². The van der Waals surface area contributed by atoms with Gasteiger partial charge in [0.15, 0.2) is 11.5 Å². The summed E-state index contributed by atoms with van der Waals surface area (Å²) in [6.45, 7) is 0.0907. The lowest BCUT2D eigenvalue weighted by Crippen LogP contribution is -2.23. The molecule has 7 nitrogen and oxygen atoms in total. The molecular weight excluding hydrogens is 374 g/mol. The van der Waals surface area contributed by atoms with E-state index in [1.54, 1.807) is 18.5 Å². The molecule has 26 heavy (non-hydrogen) atoms. The van der Waals surface area contributed by atoms with E-state index in [9.17, 15) is 8.42 Å². The number of aromatic nitrogens is 2. The van der Waals surface area contributed by atoms with Crippen LogP contribution in [0.5, 0.6) is 11.5 Å². The molecular formula is C17H17N3O4S2. The summed E-state index contributed by atoms with van der Waals surface area (Å²) in [5.74, 6) is 0.815. The third kappa shape index (κ3) is 4.01. The minimum absolute atomic E-state index is 0.0907. The van der Waals surface area contributed by atoms with Crippen LogP contribution >= 0.6 is 11.3 Å². The Morgan fingerprint density at radius 2 is 1.96 bits per heavy atom. The van der Waals surface area contributed by atoms with Crippen LogP contribution in [0.4, 0.5) is 0 Å². The van der Waals surface area contributed by atoms with E-state index in [0.29, 0.717) is 17.2 Å². The molecule has 136 valence electrons. The van der Waals surface area contributed by atoms with Gasteiger partial charge in [0.25, 0.3) is 0 Å². The van der Waals surface area contributed by atoms with Gasteiger partial charge in [0.05, 0.1) is 31.4 Å². The Hall–Kier alpha value is -2.49. The lowest BCUT2D eigenvalue weighted by Gasteiger charge is -2.10. The van der Waals surface area contributed by atoms with Gasteiger partial charge in [-0.25, -0.2) is 18.1 Å². The number of methoxy groups -OCH3 is 2. The lowest BCUT2D eigenvalue weighted by atomic mass is 10.3. The number of nitrogens with zero attached hydrogens (tertiary/aromatic N) is 2. The van der Waals surface area contributed by atoms with Crippen LogP contribution in [0.3, 0.4) is 0 Å². The molecule has 2 aromatic heterocycles. The topological polar surface area (TPSA) is 90.4 Å². The Kier molecular flexibility index (Phi) is 5.50. The number of hydrogen-bond donors (Lipinski definition) is 1. The Morgan fingerprint density at radius 1 is 1.15 bits per heavy atom. The summed E-state index contributed by atoms with van der Waals surface area (Å²) in [4.78, 5) is 8.60. The fourth-order valence-corrected chi connectivity index (χ4v) is 4.07. The van der Waals surface area contributed by atoms with Crippen molar-refractivity contribution in [2.45, 2.75) is 11.4 Å². The van der Waals surface area contributed by atoms with Gasteiger partial charge in [0.1, 0.15) is 5.01 Å². The van der Waals surface area contributed by atoms with E-state index in [-0.39, 0.29) is 11.4 Å². The van der Waals surface area contributed by atoms with Crippen molar-refractivity contribution in [3.63, 3.8) is 0 Å². The molecule has 2 heterocycles. The number of benzene rings is 1. The lowest BCUT2D eigenvalue weighted by molar-refractivity contribution is 0.354. The molecule has 3 rings (SSSR count). The summed E-state index contributed by atoms with van der Waals surface area (Å²) >= 11 is 1.44. The van der Waals surface area contributed by atoms with Gasteiger partial charge in [-0.05, 0) is 24.3 Å². The maximum Gasteiger partial charge on any atom is 0.241 e. The molecule has 3 aromatic rings.